The fourth-order valence-electron chi connectivity index (χ4n) is 2.59. The van der Waals surface area contributed by atoms with E-state index in [4.69, 9.17) is 4.42 Å². The molecular weight excluding hydrogens is 324 g/mol. The van der Waals surface area contributed by atoms with Crippen molar-refractivity contribution >= 4 is 38.2 Å². The predicted molar refractivity (Wildman–Crippen MR) is 94.0 cm³/mol. The van der Waals surface area contributed by atoms with Crippen LogP contribution in [0.2, 0.25) is 0 Å². The quantitative estimate of drug-likeness (QED) is 0.415. The Morgan fingerprint density at radius 1 is 0.833 bits per heavy atom. The van der Waals surface area contributed by atoms with E-state index >= 15 is 0 Å². The van der Waals surface area contributed by atoms with Crippen molar-refractivity contribution in [3.05, 3.63) is 91.7 Å². The molecule has 0 spiro atoms. The van der Waals surface area contributed by atoms with Crippen molar-refractivity contribution in [3.63, 3.8) is 0 Å². The highest BCUT2D eigenvalue weighted by atomic mass is 32.1. The lowest BCUT2D eigenvalue weighted by atomic mass is 10.0. The van der Waals surface area contributed by atoms with Crippen LogP contribution in [0.25, 0.3) is 21.1 Å². The number of ketones is 1. The Kier molecular flexibility index (Phi) is 3.36. The molecule has 0 aliphatic heterocycles. The van der Waals surface area contributed by atoms with Gasteiger partial charge in [0.05, 0.1) is 5.56 Å². The molecule has 4 aromatic rings. The predicted octanol–water partition coefficient (Wildman–Crippen LogP) is 3.60. The number of carbonyl (C=O) groups is 1. The van der Waals surface area contributed by atoms with Gasteiger partial charge in [-0.15, -0.1) is 0 Å². The molecule has 2 aromatic carbocycles. The second-order valence-electron chi connectivity index (χ2n) is 5.30. The largest absolute Gasteiger partial charge is 0.422 e. The molecule has 0 fully saturated rings. The van der Waals surface area contributed by atoms with Crippen LogP contribution >= 0.6 is 11.3 Å². The molecule has 24 heavy (non-hydrogen) atoms. The van der Waals surface area contributed by atoms with E-state index < -0.39 is 11.4 Å². The van der Waals surface area contributed by atoms with E-state index in [0.717, 1.165) is 21.4 Å². The summed E-state index contributed by atoms with van der Waals surface area (Å²) in [5, 5.41) is 1.42. The zero-order chi connectivity index (χ0) is 16.7. The van der Waals surface area contributed by atoms with E-state index in [1.807, 2.05) is 24.3 Å². The van der Waals surface area contributed by atoms with E-state index in [9.17, 15) is 14.4 Å². The second-order valence-corrected chi connectivity index (χ2v) is 6.31. The summed E-state index contributed by atoms with van der Waals surface area (Å²) < 4.78 is 5.61. The maximum Gasteiger partial charge on any atom is 0.347 e. The Hall–Kier alpha value is -3.05. The number of hydrogen-bond acceptors (Lipinski definition) is 5. The SMILES string of the molecule is O=C(c1cc2ccccc2oc1=O)c1cc2ccccc2sc1=O. The molecule has 0 atom stereocenters. The third kappa shape index (κ3) is 2.35. The van der Waals surface area contributed by atoms with E-state index in [2.05, 4.69) is 0 Å². The molecule has 0 aliphatic rings. The molecule has 5 heteroatoms. The molecule has 4 nitrogen and oxygen atoms in total. The summed E-state index contributed by atoms with van der Waals surface area (Å²) >= 11 is 0.992. The monoisotopic (exact) mass is 334 g/mol. The summed E-state index contributed by atoms with van der Waals surface area (Å²) in [6, 6.07) is 17.2. The first-order chi connectivity index (χ1) is 11.6. The van der Waals surface area contributed by atoms with Crippen molar-refractivity contribution in [2.24, 2.45) is 0 Å². The van der Waals surface area contributed by atoms with E-state index in [0.29, 0.717) is 11.0 Å². The molecule has 0 aliphatic carbocycles. The third-order valence-corrected chi connectivity index (χ3v) is 4.77. The van der Waals surface area contributed by atoms with Crippen LogP contribution in [-0.4, -0.2) is 5.78 Å². The highest BCUT2D eigenvalue weighted by molar-refractivity contribution is 7.16. The first-order valence-electron chi connectivity index (χ1n) is 7.24. The van der Waals surface area contributed by atoms with Gasteiger partial charge < -0.3 is 4.42 Å². The molecule has 0 bridgehead atoms. The van der Waals surface area contributed by atoms with E-state index in [-0.39, 0.29) is 15.9 Å². The molecule has 0 saturated heterocycles. The highest BCUT2D eigenvalue weighted by Crippen LogP contribution is 2.19. The van der Waals surface area contributed by atoms with Crippen molar-refractivity contribution in [2.75, 3.05) is 0 Å². The first kappa shape index (κ1) is 14.5. The molecule has 0 N–H and O–H groups in total. The van der Waals surface area contributed by atoms with Crippen molar-refractivity contribution < 1.29 is 9.21 Å². The minimum Gasteiger partial charge on any atom is -0.422 e. The molecule has 0 unspecified atom stereocenters. The van der Waals surface area contributed by atoms with Crippen LogP contribution in [-0.2, 0) is 0 Å². The Morgan fingerprint density at radius 3 is 2.33 bits per heavy atom. The van der Waals surface area contributed by atoms with Gasteiger partial charge >= 0.3 is 5.63 Å². The topological polar surface area (TPSA) is 64.3 Å². The summed E-state index contributed by atoms with van der Waals surface area (Å²) in [5.41, 5.74) is -0.478. The molecule has 0 amide bonds. The average Bonchev–Trinajstić information content (AvgIpc) is 2.60. The van der Waals surface area contributed by atoms with Gasteiger partial charge in [0.25, 0.3) is 0 Å². The van der Waals surface area contributed by atoms with Crippen molar-refractivity contribution in [2.45, 2.75) is 0 Å². The van der Waals surface area contributed by atoms with Gasteiger partial charge in [-0.25, -0.2) is 4.79 Å². The minimum absolute atomic E-state index is 0.0127. The maximum absolute atomic E-state index is 12.7. The van der Waals surface area contributed by atoms with Gasteiger partial charge in [0.15, 0.2) is 0 Å². The van der Waals surface area contributed by atoms with Gasteiger partial charge in [-0.1, -0.05) is 47.7 Å². The molecular formula is C19H10O4S. The lowest BCUT2D eigenvalue weighted by molar-refractivity contribution is 0.103. The zero-order valence-corrected chi connectivity index (χ0v) is 13.1. The molecule has 2 aromatic heterocycles. The van der Waals surface area contributed by atoms with Gasteiger partial charge in [0.1, 0.15) is 11.1 Å². The number of benzene rings is 2. The van der Waals surface area contributed by atoms with Crippen LogP contribution in [0, 0.1) is 0 Å². The number of para-hydroxylation sites is 1. The molecule has 0 saturated carbocycles. The van der Waals surface area contributed by atoms with Crippen LogP contribution in [0.5, 0.6) is 0 Å². The maximum atomic E-state index is 12.7. The summed E-state index contributed by atoms with van der Waals surface area (Å²) in [6.45, 7) is 0. The normalized spacial score (nSPS) is 11.0. The Labute approximate surface area is 139 Å². The lowest BCUT2D eigenvalue weighted by Gasteiger charge is -2.03. The molecule has 116 valence electrons. The Morgan fingerprint density at radius 2 is 1.50 bits per heavy atom. The van der Waals surface area contributed by atoms with Crippen LogP contribution in [0.4, 0.5) is 0 Å². The second kappa shape index (κ2) is 5.54. The Balaban J connectivity index is 1.93. The summed E-state index contributed by atoms with van der Waals surface area (Å²) in [7, 11) is 0. The lowest BCUT2D eigenvalue weighted by Crippen LogP contribution is -2.19. The van der Waals surface area contributed by atoms with Crippen molar-refractivity contribution in [1.82, 2.24) is 0 Å². The van der Waals surface area contributed by atoms with Gasteiger partial charge in [0, 0.05) is 10.1 Å². The Bertz CT molecular complexity index is 1120. The number of fused-ring (bicyclic) bond motifs is 2. The number of rotatable bonds is 2. The van der Waals surface area contributed by atoms with Gasteiger partial charge in [-0.2, -0.15) is 0 Å². The van der Waals surface area contributed by atoms with Gasteiger partial charge in [-0.3, -0.25) is 9.59 Å². The van der Waals surface area contributed by atoms with E-state index in [1.165, 1.54) is 12.1 Å². The van der Waals surface area contributed by atoms with E-state index in [1.54, 1.807) is 24.3 Å². The molecule has 2 heterocycles. The van der Waals surface area contributed by atoms with Gasteiger partial charge in [-0.05, 0) is 29.7 Å². The zero-order valence-electron chi connectivity index (χ0n) is 12.3. The average molecular weight is 334 g/mol. The van der Waals surface area contributed by atoms with Crippen LogP contribution in [0.3, 0.4) is 0 Å². The third-order valence-electron chi connectivity index (χ3n) is 3.77. The van der Waals surface area contributed by atoms with Crippen molar-refractivity contribution in [1.29, 1.82) is 0 Å². The number of hydrogen-bond donors (Lipinski definition) is 0. The summed E-state index contributed by atoms with van der Waals surface area (Å²) in [4.78, 5) is 37.1. The molecule has 4 rings (SSSR count). The smallest absolute Gasteiger partial charge is 0.347 e. The van der Waals surface area contributed by atoms with Crippen LogP contribution in [0.15, 0.2) is 74.7 Å². The highest BCUT2D eigenvalue weighted by Gasteiger charge is 2.19. The fraction of sp³-hybridized carbons (Fsp3) is 0. The summed E-state index contributed by atoms with van der Waals surface area (Å²) in [6.07, 6.45) is 0. The van der Waals surface area contributed by atoms with Crippen LogP contribution < -0.4 is 10.4 Å². The standard InChI is InChI=1S/C19H10O4S/c20-17(13-9-11-5-1-3-7-15(11)23-18(13)21)14-10-12-6-2-4-8-16(12)24-19(14)22/h1-10H. The number of carbonyl (C=O) groups excluding carboxylic acids is 1. The fourth-order valence-corrected chi connectivity index (χ4v) is 3.44. The van der Waals surface area contributed by atoms with Crippen LogP contribution in [0.1, 0.15) is 15.9 Å². The summed E-state index contributed by atoms with van der Waals surface area (Å²) in [5.74, 6) is -0.610. The minimum atomic E-state index is -0.740. The van der Waals surface area contributed by atoms with Crippen molar-refractivity contribution in [3.8, 4) is 0 Å². The first-order valence-corrected chi connectivity index (χ1v) is 8.05. The molecule has 0 radical (unpaired) electrons. The van der Waals surface area contributed by atoms with Gasteiger partial charge in [0.2, 0.25) is 10.5 Å².